The molecule has 33 heavy (non-hydrogen) atoms. The van der Waals surface area contributed by atoms with E-state index in [1.165, 1.54) is 0 Å². The van der Waals surface area contributed by atoms with Crippen molar-refractivity contribution in [3.8, 4) is 11.3 Å². The molecule has 1 aliphatic rings. The predicted molar refractivity (Wildman–Crippen MR) is 126 cm³/mol. The molecule has 1 fully saturated rings. The Morgan fingerprint density at radius 1 is 0.939 bits per heavy atom. The average molecular weight is 441 g/mol. The van der Waals surface area contributed by atoms with E-state index in [1.807, 2.05) is 47.4 Å². The number of likely N-dealkylation sites (tertiary alicyclic amines) is 1. The summed E-state index contributed by atoms with van der Waals surface area (Å²) in [4.78, 5) is 33.0. The second-order valence-electron chi connectivity index (χ2n) is 8.22. The van der Waals surface area contributed by atoms with Crippen LogP contribution in [0.3, 0.4) is 0 Å². The molecule has 0 spiro atoms. The van der Waals surface area contributed by atoms with Gasteiger partial charge in [-0.05, 0) is 44.4 Å². The van der Waals surface area contributed by atoms with Crippen LogP contribution in [0.4, 0.5) is 5.69 Å². The number of aryl methyl sites for hydroxylation is 1. The number of aromatic nitrogens is 2. The maximum atomic E-state index is 13.5. The Morgan fingerprint density at radius 2 is 1.67 bits per heavy atom. The maximum Gasteiger partial charge on any atom is 0.259 e. The zero-order valence-electron chi connectivity index (χ0n) is 18.4. The maximum absolute atomic E-state index is 13.5. The zero-order valence-corrected chi connectivity index (χ0v) is 18.4. The van der Waals surface area contributed by atoms with Crippen molar-refractivity contribution in [3.05, 3.63) is 77.5 Å². The number of nitrogens with zero attached hydrogens (tertiary/aromatic N) is 3. The van der Waals surface area contributed by atoms with Crippen LogP contribution in [0.2, 0.25) is 0 Å². The van der Waals surface area contributed by atoms with Crippen molar-refractivity contribution in [2.75, 3.05) is 18.4 Å². The Morgan fingerprint density at radius 3 is 2.45 bits per heavy atom. The normalized spacial score (nSPS) is 13.8. The number of anilines is 1. The van der Waals surface area contributed by atoms with Crippen LogP contribution < -0.4 is 5.32 Å². The molecule has 5 rings (SSSR count). The number of piperidine rings is 1. The van der Waals surface area contributed by atoms with Crippen LogP contribution in [0.25, 0.3) is 22.4 Å². The lowest BCUT2D eigenvalue weighted by Gasteiger charge is -2.27. The van der Waals surface area contributed by atoms with Crippen LogP contribution in [-0.4, -0.2) is 39.9 Å². The summed E-state index contributed by atoms with van der Waals surface area (Å²) in [6, 6.07) is 18.5. The van der Waals surface area contributed by atoms with E-state index in [2.05, 4.69) is 15.5 Å². The summed E-state index contributed by atoms with van der Waals surface area (Å²) in [6.45, 7) is 3.26. The fourth-order valence-corrected chi connectivity index (χ4v) is 4.27. The van der Waals surface area contributed by atoms with Crippen molar-refractivity contribution in [1.29, 1.82) is 0 Å². The topological polar surface area (TPSA) is 88.3 Å². The lowest BCUT2D eigenvalue weighted by molar-refractivity contribution is 0.0725. The standard InChI is InChI=1S/C26H24N4O3/c1-17-23-20(16-22(28-25(23)33-29-17)18-10-4-2-5-11-18)24(31)27-21-13-7-6-12-19(21)26(32)30-14-8-3-9-15-30/h2,4-7,10-13,16H,3,8-9,14-15H2,1H3,(H,27,31). The largest absolute Gasteiger partial charge is 0.339 e. The van der Waals surface area contributed by atoms with Gasteiger partial charge in [0.25, 0.3) is 17.5 Å². The first kappa shape index (κ1) is 20.9. The van der Waals surface area contributed by atoms with Gasteiger partial charge in [-0.25, -0.2) is 4.98 Å². The number of amides is 2. The summed E-state index contributed by atoms with van der Waals surface area (Å²) in [6.07, 6.45) is 3.15. The Balaban J connectivity index is 1.52. The van der Waals surface area contributed by atoms with Gasteiger partial charge < -0.3 is 14.7 Å². The molecule has 0 atom stereocenters. The molecule has 1 aliphatic heterocycles. The van der Waals surface area contributed by atoms with Gasteiger partial charge >= 0.3 is 0 Å². The molecule has 0 saturated carbocycles. The van der Waals surface area contributed by atoms with Crippen molar-refractivity contribution in [2.45, 2.75) is 26.2 Å². The minimum absolute atomic E-state index is 0.0587. The van der Waals surface area contributed by atoms with Gasteiger partial charge in [0.05, 0.1) is 33.6 Å². The SMILES string of the molecule is Cc1noc2nc(-c3ccccc3)cc(C(=O)Nc3ccccc3C(=O)N3CCCCC3)c12. The average Bonchev–Trinajstić information content (AvgIpc) is 3.25. The third-order valence-electron chi connectivity index (χ3n) is 5.98. The summed E-state index contributed by atoms with van der Waals surface area (Å²) >= 11 is 0. The highest BCUT2D eigenvalue weighted by atomic mass is 16.5. The van der Waals surface area contributed by atoms with Gasteiger partial charge in [-0.3, -0.25) is 9.59 Å². The van der Waals surface area contributed by atoms with E-state index < -0.39 is 0 Å². The Hall–Kier alpha value is -4.00. The van der Waals surface area contributed by atoms with E-state index in [1.54, 1.807) is 25.1 Å². The molecule has 7 nitrogen and oxygen atoms in total. The highest BCUT2D eigenvalue weighted by Crippen LogP contribution is 2.28. The third kappa shape index (κ3) is 4.09. The van der Waals surface area contributed by atoms with E-state index in [-0.39, 0.29) is 11.8 Å². The van der Waals surface area contributed by atoms with E-state index in [4.69, 9.17) is 4.52 Å². The molecular weight excluding hydrogens is 416 g/mol. The van der Waals surface area contributed by atoms with Crippen molar-refractivity contribution in [3.63, 3.8) is 0 Å². The molecular formula is C26H24N4O3. The number of rotatable bonds is 4. The molecule has 2 aromatic carbocycles. The van der Waals surface area contributed by atoms with Gasteiger partial charge in [-0.15, -0.1) is 0 Å². The number of hydrogen-bond acceptors (Lipinski definition) is 5. The van der Waals surface area contributed by atoms with Gasteiger partial charge in [-0.1, -0.05) is 47.6 Å². The van der Waals surface area contributed by atoms with Crippen LogP contribution in [0.5, 0.6) is 0 Å². The van der Waals surface area contributed by atoms with Crippen LogP contribution in [-0.2, 0) is 0 Å². The molecule has 3 heterocycles. The van der Waals surface area contributed by atoms with Crippen molar-refractivity contribution in [2.24, 2.45) is 0 Å². The number of fused-ring (bicyclic) bond motifs is 1. The minimum atomic E-state index is -0.343. The predicted octanol–water partition coefficient (Wildman–Crippen LogP) is 5.08. The van der Waals surface area contributed by atoms with Gasteiger partial charge in [0.1, 0.15) is 0 Å². The molecule has 166 valence electrons. The third-order valence-corrected chi connectivity index (χ3v) is 5.98. The van der Waals surface area contributed by atoms with Crippen molar-refractivity contribution >= 4 is 28.6 Å². The smallest absolute Gasteiger partial charge is 0.259 e. The molecule has 2 amide bonds. The first-order valence-electron chi connectivity index (χ1n) is 11.1. The van der Waals surface area contributed by atoms with Crippen molar-refractivity contribution in [1.82, 2.24) is 15.0 Å². The molecule has 1 saturated heterocycles. The number of carbonyl (C=O) groups is 2. The first-order chi connectivity index (χ1) is 16.1. The summed E-state index contributed by atoms with van der Waals surface area (Å²) in [5, 5.41) is 7.52. The summed E-state index contributed by atoms with van der Waals surface area (Å²) in [5.74, 6) is -0.401. The van der Waals surface area contributed by atoms with Crippen LogP contribution in [0, 0.1) is 6.92 Å². The van der Waals surface area contributed by atoms with Crippen LogP contribution >= 0.6 is 0 Å². The monoisotopic (exact) mass is 440 g/mol. The van der Waals surface area contributed by atoms with Crippen LogP contribution in [0.1, 0.15) is 45.7 Å². The second kappa shape index (κ2) is 8.86. The van der Waals surface area contributed by atoms with Crippen LogP contribution in [0.15, 0.2) is 65.2 Å². The Labute approximate surface area is 191 Å². The second-order valence-corrected chi connectivity index (χ2v) is 8.22. The zero-order chi connectivity index (χ0) is 22.8. The first-order valence-corrected chi connectivity index (χ1v) is 11.1. The molecule has 1 N–H and O–H groups in total. The Bertz CT molecular complexity index is 1320. The molecule has 0 unspecified atom stereocenters. The van der Waals surface area contributed by atoms with Gasteiger partial charge in [-0.2, -0.15) is 0 Å². The van der Waals surface area contributed by atoms with Gasteiger partial charge in [0.2, 0.25) is 0 Å². The van der Waals surface area contributed by atoms with Crippen molar-refractivity contribution < 1.29 is 14.1 Å². The Kier molecular flexibility index (Phi) is 5.60. The number of benzene rings is 2. The number of para-hydroxylation sites is 1. The fraction of sp³-hybridized carbons (Fsp3) is 0.231. The summed E-state index contributed by atoms with van der Waals surface area (Å²) < 4.78 is 5.39. The molecule has 7 heteroatoms. The van der Waals surface area contributed by atoms with Gasteiger partial charge in [0.15, 0.2) is 0 Å². The molecule has 0 aliphatic carbocycles. The lowest BCUT2D eigenvalue weighted by atomic mass is 10.0. The number of hydrogen-bond donors (Lipinski definition) is 1. The fourth-order valence-electron chi connectivity index (χ4n) is 4.27. The number of carbonyl (C=O) groups excluding carboxylic acids is 2. The van der Waals surface area contributed by atoms with E-state index in [0.29, 0.717) is 39.3 Å². The molecule has 4 aromatic rings. The highest BCUT2D eigenvalue weighted by Gasteiger charge is 2.23. The molecule has 0 bridgehead atoms. The lowest BCUT2D eigenvalue weighted by Crippen LogP contribution is -2.36. The summed E-state index contributed by atoms with van der Waals surface area (Å²) in [5.41, 5.74) is 3.74. The highest BCUT2D eigenvalue weighted by molar-refractivity contribution is 6.15. The molecule has 2 aromatic heterocycles. The van der Waals surface area contributed by atoms with E-state index in [0.717, 1.165) is 37.9 Å². The van der Waals surface area contributed by atoms with E-state index in [9.17, 15) is 9.59 Å². The minimum Gasteiger partial charge on any atom is -0.339 e. The molecule has 0 radical (unpaired) electrons. The van der Waals surface area contributed by atoms with E-state index >= 15 is 0 Å². The quantitative estimate of drug-likeness (QED) is 0.478. The number of nitrogens with one attached hydrogen (secondary N) is 1. The summed E-state index contributed by atoms with van der Waals surface area (Å²) in [7, 11) is 0. The van der Waals surface area contributed by atoms with Gasteiger partial charge in [0, 0.05) is 18.7 Å². The number of pyridine rings is 1.